The van der Waals surface area contributed by atoms with Gasteiger partial charge in [0.05, 0.1) is 5.75 Å². The number of nitrogens with zero attached hydrogens (tertiary/aromatic N) is 1. The zero-order valence-corrected chi connectivity index (χ0v) is 16.5. The molecular formula is C19H29N3O3S. The summed E-state index contributed by atoms with van der Waals surface area (Å²) in [5.74, 6) is -0.0459. The average Bonchev–Trinajstić information content (AvgIpc) is 3.22. The Hall–Kier alpha value is -1.60. The molecule has 0 spiro atoms. The average molecular weight is 380 g/mol. The number of amides is 2. The molecule has 0 aromatic heterocycles. The third-order valence-corrected chi connectivity index (χ3v) is 6.78. The fourth-order valence-electron chi connectivity index (χ4n) is 3.98. The fraction of sp³-hybridized carbons (Fsp3) is 0.632. The third-order valence-electron chi connectivity index (χ3n) is 5.45. The van der Waals surface area contributed by atoms with E-state index in [1.807, 2.05) is 18.9 Å². The molecule has 0 fully saturated rings. The van der Waals surface area contributed by atoms with Crippen molar-refractivity contribution < 1.29 is 13.2 Å². The van der Waals surface area contributed by atoms with Crippen LogP contribution in [0.25, 0.3) is 0 Å². The van der Waals surface area contributed by atoms with Crippen LogP contribution < -0.4 is 10.0 Å². The number of hydrogen-bond donors (Lipinski definition) is 2. The molecule has 144 valence electrons. The van der Waals surface area contributed by atoms with Crippen molar-refractivity contribution in [2.24, 2.45) is 0 Å². The highest BCUT2D eigenvalue weighted by atomic mass is 32.2. The lowest BCUT2D eigenvalue weighted by Gasteiger charge is -2.17. The lowest BCUT2D eigenvalue weighted by molar-refractivity contribution is 0.256. The summed E-state index contributed by atoms with van der Waals surface area (Å²) in [5, 5.41) is 2.87. The first-order chi connectivity index (χ1) is 12.4. The van der Waals surface area contributed by atoms with E-state index < -0.39 is 16.1 Å². The fourth-order valence-corrected chi connectivity index (χ4v) is 4.93. The quantitative estimate of drug-likeness (QED) is 0.763. The first kappa shape index (κ1) is 19.2. The predicted molar refractivity (Wildman–Crippen MR) is 104 cm³/mol. The molecule has 7 heteroatoms. The highest BCUT2D eigenvalue weighted by Crippen LogP contribution is 2.38. The van der Waals surface area contributed by atoms with Crippen LogP contribution in [-0.2, 0) is 35.7 Å². The molecule has 1 aromatic carbocycles. The van der Waals surface area contributed by atoms with E-state index in [-0.39, 0.29) is 5.75 Å². The number of benzene rings is 1. The largest absolute Gasteiger partial charge is 0.332 e. The van der Waals surface area contributed by atoms with Gasteiger partial charge in [-0.3, -0.25) is 0 Å². The Morgan fingerprint density at radius 3 is 2.31 bits per heavy atom. The Morgan fingerprint density at radius 1 is 1.12 bits per heavy atom. The van der Waals surface area contributed by atoms with Gasteiger partial charge >= 0.3 is 6.03 Å². The Bertz CT molecular complexity index is 757. The van der Waals surface area contributed by atoms with Crippen LogP contribution in [0.1, 0.15) is 48.4 Å². The molecule has 0 unspecified atom stereocenters. The second kappa shape index (κ2) is 7.96. The van der Waals surface area contributed by atoms with Crippen LogP contribution in [0.2, 0.25) is 0 Å². The Kier molecular flexibility index (Phi) is 5.87. The van der Waals surface area contributed by atoms with E-state index in [1.54, 1.807) is 0 Å². The van der Waals surface area contributed by atoms with Gasteiger partial charge in [0.1, 0.15) is 0 Å². The van der Waals surface area contributed by atoms with E-state index in [2.05, 4.69) is 16.1 Å². The Balaban J connectivity index is 1.66. The van der Waals surface area contributed by atoms with Crippen molar-refractivity contribution in [1.29, 1.82) is 0 Å². The van der Waals surface area contributed by atoms with Crippen molar-refractivity contribution in [3.63, 3.8) is 0 Å². The number of anilines is 1. The lowest BCUT2D eigenvalue weighted by Crippen LogP contribution is -2.37. The minimum absolute atomic E-state index is 0.0459. The van der Waals surface area contributed by atoms with Crippen LogP contribution in [0, 0.1) is 0 Å². The van der Waals surface area contributed by atoms with E-state index in [1.165, 1.54) is 22.3 Å². The molecule has 0 radical (unpaired) electrons. The summed E-state index contributed by atoms with van der Waals surface area (Å²) < 4.78 is 26.5. The number of fused-ring (bicyclic) bond motifs is 2. The van der Waals surface area contributed by atoms with E-state index in [0.29, 0.717) is 13.0 Å². The topological polar surface area (TPSA) is 78.5 Å². The van der Waals surface area contributed by atoms with E-state index >= 15 is 0 Å². The molecule has 1 aromatic rings. The van der Waals surface area contributed by atoms with Crippen LogP contribution in [0.3, 0.4) is 0 Å². The van der Waals surface area contributed by atoms with Crippen LogP contribution in [0.15, 0.2) is 6.07 Å². The van der Waals surface area contributed by atoms with Crippen LogP contribution in [0.5, 0.6) is 0 Å². The Morgan fingerprint density at radius 2 is 1.73 bits per heavy atom. The number of aryl methyl sites for hydroxylation is 2. The highest BCUT2D eigenvalue weighted by Gasteiger charge is 2.25. The van der Waals surface area contributed by atoms with Crippen molar-refractivity contribution in [1.82, 2.24) is 9.62 Å². The van der Waals surface area contributed by atoms with Crippen molar-refractivity contribution >= 4 is 21.7 Å². The molecule has 0 saturated heterocycles. The number of urea groups is 1. The maximum Gasteiger partial charge on any atom is 0.332 e. The van der Waals surface area contributed by atoms with Gasteiger partial charge in [0, 0.05) is 5.69 Å². The van der Waals surface area contributed by atoms with Crippen molar-refractivity contribution in [2.45, 2.75) is 51.9 Å². The van der Waals surface area contributed by atoms with Crippen LogP contribution in [-0.4, -0.2) is 45.2 Å². The molecule has 3 rings (SSSR count). The molecule has 2 aliphatic carbocycles. The standard InChI is InChI=1S/C19H29N3O3S/c1-3-22(2)11-6-12-26(24,25)21-19(23)20-18-16-9-4-7-14(16)13-15-8-5-10-17(15)18/h13H,3-12H2,1-2H3,(H2,20,21,23). The number of nitrogens with one attached hydrogen (secondary N) is 2. The number of carbonyl (C=O) groups is 1. The second-order valence-electron chi connectivity index (χ2n) is 7.36. The number of hydrogen-bond acceptors (Lipinski definition) is 4. The summed E-state index contributed by atoms with van der Waals surface area (Å²) in [6, 6.07) is 1.65. The van der Waals surface area contributed by atoms with Gasteiger partial charge < -0.3 is 10.2 Å². The maximum atomic E-state index is 12.4. The summed E-state index contributed by atoms with van der Waals surface area (Å²) >= 11 is 0. The van der Waals surface area contributed by atoms with Gasteiger partial charge in [-0.15, -0.1) is 0 Å². The summed E-state index contributed by atoms with van der Waals surface area (Å²) in [6.45, 7) is 3.59. The molecule has 2 aliphatic rings. The summed E-state index contributed by atoms with van der Waals surface area (Å²) in [5.41, 5.74) is 5.88. The van der Waals surface area contributed by atoms with E-state index in [9.17, 15) is 13.2 Å². The van der Waals surface area contributed by atoms with Crippen molar-refractivity contribution in [3.05, 3.63) is 28.3 Å². The monoisotopic (exact) mass is 379 g/mol. The SMILES string of the molecule is CCN(C)CCCS(=O)(=O)NC(=O)Nc1c2c(cc3c1CCC3)CCC2. The number of rotatable bonds is 7. The lowest BCUT2D eigenvalue weighted by atomic mass is 9.99. The van der Waals surface area contributed by atoms with Gasteiger partial charge in [0.25, 0.3) is 0 Å². The summed E-state index contributed by atoms with van der Waals surface area (Å²) in [4.78, 5) is 14.4. The van der Waals surface area contributed by atoms with Crippen LogP contribution >= 0.6 is 0 Å². The van der Waals surface area contributed by atoms with Crippen LogP contribution in [0.4, 0.5) is 10.5 Å². The zero-order valence-electron chi connectivity index (χ0n) is 15.7. The minimum atomic E-state index is -3.62. The number of sulfonamides is 1. The van der Waals surface area contributed by atoms with E-state index in [4.69, 9.17) is 0 Å². The molecule has 0 atom stereocenters. The molecule has 26 heavy (non-hydrogen) atoms. The predicted octanol–water partition coefficient (Wildman–Crippen LogP) is 2.46. The molecule has 6 nitrogen and oxygen atoms in total. The molecule has 0 aliphatic heterocycles. The summed E-state index contributed by atoms with van der Waals surface area (Å²) in [7, 11) is -1.67. The number of carbonyl (C=O) groups excluding carboxylic acids is 1. The molecule has 0 saturated carbocycles. The molecular weight excluding hydrogens is 350 g/mol. The summed E-state index contributed by atoms with van der Waals surface area (Å²) in [6.07, 6.45) is 6.69. The second-order valence-corrected chi connectivity index (χ2v) is 9.20. The van der Waals surface area contributed by atoms with Gasteiger partial charge in [-0.2, -0.15) is 0 Å². The van der Waals surface area contributed by atoms with Gasteiger partial charge in [-0.25, -0.2) is 17.9 Å². The zero-order chi connectivity index (χ0) is 18.7. The Labute approximate surface area is 156 Å². The van der Waals surface area contributed by atoms with E-state index in [0.717, 1.165) is 50.8 Å². The van der Waals surface area contributed by atoms with Gasteiger partial charge in [-0.1, -0.05) is 13.0 Å². The first-order valence-corrected chi connectivity index (χ1v) is 11.2. The molecule has 0 bridgehead atoms. The molecule has 2 N–H and O–H groups in total. The van der Waals surface area contributed by atoms with Gasteiger partial charge in [-0.05, 0) is 87.3 Å². The molecule has 2 amide bonds. The smallest absolute Gasteiger partial charge is 0.307 e. The maximum absolute atomic E-state index is 12.4. The third kappa shape index (κ3) is 4.38. The van der Waals surface area contributed by atoms with Crippen molar-refractivity contribution in [3.8, 4) is 0 Å². The van der Waals surface area contributed by atoms with Crippen molar-refractivity contribution in [2.75, 3.05) is 31.2 Å². The molecule has 0 heterocycles. The first-order valence-electron chi connectivity index (χ1n) is 9.56. The van der Waals surface area contributed by atoms with Gasteiger partial charge in [0.2, 0.25) is 10.0 Å². The minimum Gasteiger partial charge on any atom is -0.307 e. The van der Waals surface area contributed by atoms with Gasteiger partial charge in [0.15, 0.2) is 0 Å². The highest BCUT2D eigenvalue weighted by molar-refractivity contribution is 7.90. The normalized spacial score (nSPS) is 15.8.